The molecule has 4 nitrogen and oxygen atoms in total. The molecule has 1 aromatic carbocycles. The third-order valence-corrected chi connectivity index (χ3v) is 4.09. The van der Waals surface area contributed by atoms with Crippen LogP contribution in [-0.4, -0.2) is 15.5 Å². The molecule has 0 radical (unpaired) electrons. The number of carbonyl (C=O) groups excluding carboxylic acids is 1. The summed E-state index contributed by atoms with van der Waals surface area (Å²) < 4.78 is 16.2. The van der Waals surface area contributed by atoms with Crippen LogP contribution in [0.3, 0.4) is 0 Å². The van der Waals surface area contributed by atoms with Crippen molar-refractivity contribution in [3.8, 4) is 0 Å². The zero-order valence-corrected chi connectivity index (χ0v) is 13.4. The van der Waals surface area contributed by atoms with Gasteiger partial charge in [0.25, 0.3) is 0 Å². The minimum Gasteiger partial charge on any atom is -0.368 e. The van der Waals surface area contributed by atoms with Gasteiger partial charge in [-0.1, -0.05) is 13.8 Å². The molecule has 1 aromatic heterocycles. The molecular weight excluding hydrogens is 380 g/mol. The first-order chi connectivity index (χ1) is 8.82. The molecule has 0 bridgehead atoms. The van der Waals surface area contributed by atoms with Crippen molar-refractivity contribution in [2.24, 2.45) is 11.7 Å². The summed E-state index contributed by atoms with van der Waals surface area (Å²) in [4.78, 5) is 14.6. The number of nitrogens with two attached hydrogens (primary N) is 1. The molecule has 102 valence electrons. The second-order valence-corrected chi connectivity index (χ2v) is 6.22. The van der Waals surface area contributed by atoms with Crippen molar-refractivity contribution in [3.63, 3.8) is 0 Å². The van der Waals surface area contributed by atoms with Gasteiger partial charge in [0.2, 0.25) is 5.91 Å². The van der Waals surface area contributed by atoms with E-state index in [9.17, 15) is 9.18 Å². The fraction of sp³-hybridized carbons (Fsp3) is 0.333. The summed E-state index contributed by atoms with van der Waals surface area (Å²) in [6, 6.07) is 2.44. The largest absolute Gasteiger partial charge is 0.368 e. The average Bonchev–Trinajstić information content (AvgIpc) is 2.56. The number of H-pyrrole nitrogens is 1. The molecule has 2 aromatic rings. The third-order valence-electron chi connectivity index (χ3n) is 2.96. The minimum atomic E-state index is -0.597. The Labute approximate surface area is 128 Å². The molecule has 0 aliphatic heterocycles. The van der Waals surface area contributed by atoms with E-state index in [1.54, 1.807) is 10.6 Å². The smallest absolute Gasteiger partial charge is 0.240 e. The Kier molecular flexibility index (Phi) is 3.95. The highest BCUT2D eigenvalue weighted by Gasteiger charge is 2.24. The van der Waals surface area contributed by atoms with Crippen LogP contribution < -0.4 is 5.73 Å². The second kappa shape index (κ2) is 5.20. The summed E-state index contributed by atoms with van der Waals surface area (Å²) >= 11 is 7.14. The van der Waals surface area contributed by atoms with Crippen molar-refractivity contribution < 1.29 is 9.18 Å². The molecule has 19 heavy (non-hydrogen) atoms. The highest BCUT2D eigenvalue weighted by atomic mass is 127. The zero-order chi connectivity index (χ0) is 14.3. The predicted molar refractivity (Wildman–Crippen MR) is 82.9 cm³/mol. The van der Waals surface area contributed by atoms with E-state index in [0.717, 1.165) is 0 Å². The lowest BCUT2D eigenvalue weighted by Crippen LogP contribution is -2.30. The normalized spacial score (nSPS) is 13.1. The van der Waals surface area contributed by atoms with E-state index in [0.29, 0.717) is 19.4 Å². The molecule has 0 fully saturated rings. The molecule has 2 rings (SSSR count). The van der Waals surface area contributed by atoms with E-state index < -0.39 is 11.9 Å². The van der Waals surface area contributed by atoms with Crippen LogP contribution in [0, 0.1) is 20.1 Å². The molecule has 1 amide bonds. The lowest BCUT2D eigenvalue weighted by atomic mass is 10.0. The third kappa shape index (κ3) is 2.53. The average molecular weight is 393 g/mol. The van der Waals surface area contributed by atoms with Gasteiger partial charge in [-0.05, 0) is 46.8 Å². The Morgan fingerprint density at radius 2 is 2.16 bits per heavy atom. The van der Waals surface area contributed by atoms with Gasteiger partial charge in [-0.25, -0.2) is 4.39 Å². The van der Waals surface area contributed by atoms with Crippen LogP contribution in [0.4, 0.5) is 4.39 Å². The number of aromatic nitrogens is 2. The van der Waals surface area contributed by atoms with Gasteiger partial charge in [0, 0.05) is 6.07 Å². The van der Waals surface area contributed by atoms with Gasteiger partial charge in [-0.3, -0.25) is 4.79 Å². The summed E-state index contributed by atoms with van der Waals surface area (Å²) in [6.07, 6.45) is 0. The quantitative estimate of drug-likeness (QED) is 0.622. The van der Waals surface area contributed by atoms with Crippen LogP contribution in [0.5, 0.6) is 0 Å². The van der Waals surface area contributed by atoms with Gasteiger partial charge in [0.05, 0.1) is 14.6 Å². The van der Waals surface area contributed by atoms with Crippen molar-refractivity contribution >= 4 is 51.7 Å². The van der Waals surface area contributed by atoms with Gasteiger partial charge < -0.3 is 15.3 Å². The molecule has 0 aliphatic carbocycles. The SMILES string of the molecule is CC(C)C(C(N)=O)n1c(=S)[nH]c2cc(I)c(F)cc21. The number of imidazole rings is 1. The first-order valence-electron chi connectivity index (χ1n) is 5.71. The molecule has 1 atom stereocenters. The van der Waals surface area contributed by atoms with Crippen molar-refractivity contribution in [1.29, 1.82) is 0 Å². The molecular formula is C12H13FIN3OS. The van der Waals surface area contributed by atoms with Crippen LogP contribution >= 0.6 is 34.8 Å². The number of hydrogen-bond acceptors (Lipinski definition) is 2. The second-order valence-electron chi connectivity index (χ2n) is 4.67. The summed E-state index contributed by atoms with van der Waals surface area (Å²) in [7, 11) is 0. The number of fused-ring (bicyclic) bond motifs is 1. The Morgan fingerprint density at radius 3 is 2.68 bits per heavy atom. The minimum absolute atomic E-state index is 0.0365. The van der Waals surface area contributed by atoms with E-state index in [1.807, 2.05) is 36.4 Å². The fourth-order valence-corrected chi connectivity index (χ4v) is 2.94. The van der Waals surface area contributed by atoms with E-state index in [-0.39, 0.29) is 11.7 Å². The summed E-state index contributed by atoms with van der Waals surface area (Å²) in [5, 5.41) is 0. The van der Waals surface area contributed by atoms with Crippen molar-refractivity contribution in [2.75, 3.05) is 0 Å². The highest BCUT2D eigenvalue weighted by Crippen LogP contribution is 2.26. The summed E-state index contributed by atoms with van der Waals surface area (Å²) in [5.41, 5.74) is 6.69. The molecule has 1 heterocycles. The van der Waals surface area contributed by atoms with Crippen LogP contribution in [-0.2, 0) is 4.79 Å². The Hall–Kier alpha value is -0.960. The number of amides is 1. The number of primary amides is 1. The number of carbonyl (C=O) groups is 1. The molecule has 3 N–H and O–H groups in total. The number of aromatic amines is 1. The zero-order valence-electron chi connectivity index (χ0n) is 10.4. The Bertz CT molecular complexity index is 707. The van der Waals surface area contributed by atoms with Gasteiger partial charge in [0.15, 0.2) is 4.77 Å². The number of halogens is 2. The van der Waals surface area contributed by atoms with Crippen molar-refractivity contribution in [1.82, 2.24) is 9.55 Å². The maximum absolute atomic E-state index is 13.7. The molecule has 1 unspecified atom stereocenters. The lowest BCUT2D eigenvalue weighted by molar-refractivity contribution is -0.122. The highest BCUT2D eigenvalue weighted by molar-refractivity contribution is 14.1. The predicted octanol–water partition coefficient (Wildman–Crippen LogP) is 3.12. The monoisotopic (exact) mass is 393 g/mol. The standard InChI is InChI=1S/C12H13FIN3OS/c1-5(2)10(11(15)18)17-9-3-6(13)7(14)4-8(9)16-12(17)19/h3-5,10H,1-2H3,(H2,15,18)(H,16,19). The van der Waals surface area contributed by atoms with E-state index >= 15 is 0 Å². The van der Waals surface area contributed by atoms with Crippen LogP contribution in [0.25, 0.3) is 11.0 Å². The van der Waals surface area contributed by atoms with E-state index in [2.05, 4.69) is 4.98 Å². The van der Waals surface area contributed by atoms with E-state index in [1.165, 1.54) is 6.07 Å². The van der Waals surface area contributed by atoms with Crippen LogP contribution in [0.15, 0.2) is 12.1 Å². The number of benzene rings is 1. The lowest BCUT2D eigenvalue weighted by Gasteiger charge is -2.19. The summed E-state index contributed by atoms with van der Waals surface area (Å²) in [6.45, 7) is 3.75. The Morgan fingerprint density at radius 1 is 1.53 bits per heavy atom. The number of hydrogen-bond donors (Lipinski definition) is 2. The van der Waals surface area contributed by atoms with Crippen molar-refractivity contribution in [2.45, 2.75) is 19.9 Å². The molecule has 0 spiro atoms. The van der Waals surface area contributed by atoms with Gasteiger partial charge >= 0.3 is 0 Å². The Balaban J connectivity index is 2.79. The van der Waals surface area contributed by atoms with Gasteiger partial charge in [-0.2, -0.15) is 0 Å². The maximum Gasteiger partial charge on any atom is 0.240 e. The topological polar surface area (TPSA) is 63.8 Å². The molecule has 0 saturated carbocycles. The van der Waals surface area contributed by atoms with Gasteiger partial charge in [-0.15, -0.1) is 0 Å². The van der Waals surface area contributed by atoms with E-state index in [4.69, 9.17) is 18.0 Å². The fourth-order valence-electron chi connectivity index (χ4n) is 2.15. The first-order valence-corrected chi connectivity index (χ1v) is 7.20. The molecule has 0 aliphatic rings. The van der Waals surface area contributed by atoms with Crippen LogP contribution in [0.2, 0.25) is 0 Å². The number of rotatable bonds is 3. The first kappa shape index (κ1) is 14.4. The molecule has 0 saturated heterocycles. The number of nitrogens with one attached hydrogen (secondary N) is 1. The molecule has 7 heteroatoms. The summed E-state index contributed by atoms with van der Waals surface area (Å²) in [5.74, 6) is -0.862. The number of nitrogens with zero attached hydrogens (tertiary/aromatic N) is 1. The van der Waals surface area contributed by atoms with Gasteiger partial charge in [0.1, 0.15) is 11.9 Å². The van der Waals surface area contributed by atoms with Crippen molar-refractivity contribution in [3.05, 3.63) is 26.3 Å². The van der Waals surface area contributed by atoms with Crippen LogP contribution in [0.1, 0.15) is 19.9 Å². The maximum atomic E-state index is 13.7.